The maximum absolute atomic E-state index is 13.1. The number of aromatic nitrogens is 3. The molecule has 0 aliphatic carbocycles. The average Bonchev–Trinajstić information content (AvgIpc) is 3.98. The van der Waals surface area contributed by atoms with E-state index in [4.69, 9.17) is 9.97 Å². The number of nitrogens with zero attached hydrogens (tertiary/aromatic N) is 5. The summed E-state index contributed by atoms with van der Waals surface area (Å²) in [4.78, 5) is 32.8. The molecule has 1 aliphatic rings. The Morgan fingerprint density at radius 2 is 1.36 bits per heavy atom. The highest BCUT2D eigenvalue weighted by Crippen LogP contribution is 2.44. The number of amides is 2. The van der Waals surface area contributed by atoms with Crippen molar-refractivity contribution < 1.29 is 14.5 Å². The van der Waals surface area contributed by atoms with Crippen molar-refractivity contribution in [3.63, 3.8) is 0 Å². The van der Waals surface area contributed by atoms with Gasteiger partial charge in [-0.15, -0.1) is 22.7 Å². The second-order valence-corrected chi connectivity index (χ2v) is 21.8. The fourth-order valence-corrected chi connectivity index (χ4v) is 10.6. The summed E-state index contributed by atoms with van der Waals surface area (Å²) in [6, 6.07) is 35.9. The van der Waals surface area contributed by atoms with Crippen LogP contribution in [0.2, 0.25) is 0 Å². The van der Waals surface area contributed by atoms with E-state index in [1.165, 1.54) is 0 Å². The number of carbonyl (C=O) groups excluding carboxylic acids is 1. The molecule has 8 rings (SSSR count). The van der Waals surface area contributed by atoms with Gasteiger partial charge in [-0.1, -0.05) is 93.4 Å². The van der Waals surface area contributed by atoms with Gasteiger partial charge in [-0.2, -0.15) is 0 Å². The summed E-state index contributed by atoms with van der Waals surface area (Å²) >= 11 is 3.38. The molecule has 1 aliphatic heterocycles. The van der Waals surface area contributed by atoms with E-state index < -0.39 is 11.9 Å². The van der Waals surface area contributed by atoms with Crippen molar-refractivity contribution in [2.24, 2.45) is 10.9 Å². The number of nitrogens with one attached hydrogen (secondary N) is 5. The standard InChI is InChI=1S/C56H64N10O2S2/c1-35-17-21-41(22-18-35)59-53(67)61-43-15-11-13-39(31-43)49-47(63-51(69-49)55(4,5)6)38-26-29-66(46(33-38)58-28-30-65(9)10)56(7,8)52-64-48(45-25-27-57-34-37(45)3)50(70-52)40-14-12-16-44(32-40)62-54(68)60-42-23-19-36(2)20-24-42/h11-27,29,31-34,37,45,54,60,62,68H,28,30H2,1-10H3,(H2,59,61,67)/p+1. The zero-order chi connectivity index (χ0) is 49.7. The van der Waals surface area contributed by atoms with Gasteiger partial charge in [-0.05, 0) is 108 Å². The zero-order valence-corrected chi connectivity index (χ0v) is 43.4. The molecule has 14 heteroatoms. The Kier molecular flexibility index (Phi) is 15.0. The van der Waals surface area contributed by atoms with Gasteiger partial charge in [-0.25, -0.2) is 19.3 Å². The minimum absolute atomic E-state index is 0.0140. The van der Waals surface area contributed by atoms with Gasteiger partial charge in [0.05, 0.1) is 38.9 Å². The van der Waals surface area contributed by atoms with E-state index >= 15 is 0 Å². The van der Waals surface area contributed by atoms with Gasteiger partial charge in [-0.3, -0.25) is 10.3 Å². The Hall–Kier alpha value is -6.71. The lowest BCUT2D eigenvalue weighted by atomic mass is 9.88. The van der Waals surface area contributed by atoms with Crippen LogP contribution in [0.5, 0.6) is 0 Å². The smallest absolute Gasteiger partial charge is 0.323 e. The van der Waals surface area contributed by atoms with Crippen molar-refractivity contribution in [3.8, 4) is 32.1 Å². The first-order valence-corrected chi connectivity index (χ1v) is 25.4. The molecule has 0 radical (unpaired) electrons. The largest absolute Gasteiger partial charge is 0.357 e. The van der Waals surface area contributed by atoms with Gasteiger partial charge in [0.25, 0.3) is 5.82 Å². The van der Waals surface area contributed by atoms with Crippen LogP contribution >= 0.6 is 22.7 Å². The molecule has 12 nitrogen and oxygen atoms in total. The van der Waals surface area contributed by atoms with E-state index in [1.54, 1.807) is 22.7 Å². The Balaban J connectivity index is 1.16. The Labute approximate surface area is 420 Å². The summed E-state index contributed by atoms with van der Waals surface area (Å²) in [5.41, 5.74) is 9.28. The number of aliphatic hydroxyl groups excluding tert-OH is 1. The van der Waals surface area contributed by atoms with Crippen LogP contribution in [0, 0.1) is 19.8 Å². The number of anilines is 5. The van der Waals surface area contributed by atoms with E-state index in [0.717, 1.165) is 88.4 Å². The summed E-state index contributed by atoms with van der Waals surface area (Å²) < 4.78 is 2.29. The molecular formula is C56H65N10O2S2+. The molecule has 0 fully saturated rings. The first-order valence-electron chi connectivity index (χ1n) is 23.7. The van der Waals surface area contributed by atoms with Crippen molar-refractivity contribution in [2.75, 3.05) is 53.8 Å². The van der Waals surface area contributed by atoms with Crippen LogP contribution in [0.1, 0.15) is 74.3 Å². The van der Waals surface area contributed by atoms with E-state index in [9.17, 15) is 9.90 Å². The van der Waals surface area contributed by atoms with Crippen molar-refractivity contribution in [1.29, 1.82) is 0 Å². The number of aliphatic hydroxyl groups is 1. The molecule has 2 amide bonds. The molecule has 0 saturated carbocycles. The van der Waals surface area contributed by atoms with Gasteiger partial charge in [0.1, 0.15) is 5.01 Å². The lowest BCUT2D eigenvalue weighted by molar-refractivity contribution is -0.734. The number of likely N-dealkylation sites (N-methyl/N-ethyl adjacent to an activating group) is 1. The molecule has 6 N–H and O–H groups in total. The van der Waals surface area contributed by atoms with Crippen LogP contribution in [0.15, 0.2) is 133 Å². The van der Waals surface area contributed by atoms with Gasteiger partial charge in [0, 0.05) is 70.6 Å². The molecule has 0 bridgehead atoms. The highest BCUT2D eigenvalue weighted by Gasteiger charge is 2.37. The molecule has 3 aromatic heterocycles. The first-order chi connectivity index (χ1) is 33.4. The number of pyridine rings is 1. The maximum atomic E-state index is 13.1. The normalized spacial score (nSPS) is 15.2. The molecule has 4 heterocycles. The third kappa shape index (κ3) is 11.8. The molecule has 0 spiro atoms. The van der Waals surface area contributed by atoms with Crippen LogP contribution in [0.3, 0.4) is 0 Å². The van der Waals surface area contributed by atoms with Gasteiger partial charge in [0.2, 0.25) is 6.35 Å². The quantitative estimate of drug-likeness (QED) is 0.0415. The number of aryl methyl sites for hydroxylation is 2. The average molecular weight is 974 g/mol. The summed E-state index contributed by atoms with van der Waals surface area (Å²) in [5, 5.41) is 29.2. The fourth-order valence-electron chi connectivity index (χ4n) is 8.20. The number of hydrogen-bond acceptors (Lipinski definition) is 11. The second-order valence-electron chi connectivity index (χ2n) is 19.8. The van der Waals surface area contributed by atoms with E-state index in [2.05, 4.69) is 139 Å². The number of hydrogen-bond donors (Lipinski definition) is 6. The molecule has 0 saturated heterocycles. The molecule has 362 valence electrons. The topological polar surface area (TPSA) is 143 Å². The van der Waals surface area contributed by atoms with Crippen LogP contribution in [-0.2, 0) is 11.0 Å². The Morgan fingerprint density at radius 3 is 2.03 bits per heavy atom. The molecule has 7 aromatic rings. The van der Waals surface area contributed by atoms with Crippen molar-refractivity contribution >= 4 is 63.5 Å². The number of urea groups is 1. The predicted molar refractivity (Wildman–Crippen MR) is 293 cm³/mol. The summed E-state index contributed by atoms with van der Waals surface area (Å²) in [5.74, 6) is 1.08. The number of benzene rings is 4. The van der Waals surface area contributed by atoms with E-state index in [-0.39, 0.29) is 23.3 Å². The highest BCUT2D eigenvalue weighted by atomic mass is 32.1. The Bertz CT molecular complexity index is 3000. The molecule has 3 atom stereocenters. The lowest BCUT2D eigenvalue weighted by Crippen LogP contribution is -2.54. The first kappa shape index (κ1) is 49.7. The zero-order valence-electron chi connectivity index (χ0n) is 41.8. The van der Waals surface area contributed by atoms with Gasteiger partial charge < -0.3 is 31.3 Å². The molecule has 4 aromatic carbocycles. The predicted octanol–water partition coefficient (Wildman–Crippen LogP) is 12.3. The summed E-state index contributed by atoms with van der Waals surface area (Å²) in [7, 11) is 4.16. The van der Waals surface area contributed by atoms with Crippen molar-refractivity contribution in [2.45, 2.75) is 78.6 Å². The summed E-state index contributed by atoms with van der Waals surface area (Å²) in [6.45, 7) is 18.8. The van der Waals surface area contributed by atoms with E-state index in [0.29, 0.717) is 12.2 Å². The lowest BCUT2D eigenvalue weighted by Gasteiger charge is -2.24. The number of carbonyl (C=O) groups is 1. The molecule has 3 unspecified atom stereocenters. The maximum Gasteiger partial charge on any atom is 0.323 e. The number of thiazole rings is 2. The highest BCUT2D eigenvalue weighted by molar-refractivity contribution is 7.16. The van der Waals surface area contributed by atoms with Gasteiger partial charge >= 0.3 is 6.03 Å². The van der Waals surface area contributed by atoms with Crippen LogP contribution in [0.4, 0.5) is 33.4 Å². The minimum atomic E-state index is -1.01. The minimum Gasteiger partial charge on any atom is -0.357 e. The van der Waals surface area contributed by atoms with Gasteiger partial charge in [0.15, 0.2) is 5.54 Å². The molecule has 70 heavy (non-hydrogen) atoms. The second kappa shape index (κ2) is 21.1. The van der Waals surface area contributed by atoms with Crippen LogP contribution in [-0.4, -0.2) is 65.8 Å². The third-order valence-corrected chi connectivity index (χ3v) is 15.2. The monoisotopic (exact) mass is 973 g/mol. The number of aliphatic imine (C=N–C) groups is 1. The summed E-state index contributed by atoms with van der Waals surface area (Å²) in [6.07, 6.45) is 7.17. The fraction of sp³-hybridized carbons (Fsp3) is 0.304. The number of allylic oxidation sites excluding steroid dienone is 1. The van der Waals surface area contributed by atoms with Crippen molar-refractivity contribution in [1.82, 2.24) is 14.9 Å². The molecular weight excluding hydrogens is 909 g/mol. The van der Waals surface area contributed by atoms with Crippen LogP contribution in [0.25, 0.3) is 32.1 Å². The van der Waals surface area contributed by atoms with E-state index in [1.807, 2.05) is 105 Å². The SMILES string of the molecule is Cc1ccc(NC(=O)Nc2cccc(-c3sc(C(C)(C)C)nc3-c3cc[n+](C(C)(C)c4nc(C5C=CN=CC5C)c(-c5cccc(NC(O)Nc6ccc(C)cc6)c5)s4)c(NCCN(C)C)c3)c2)cc1. The van der Waals surface area contributed by atoms with Crippen LogP contribution < -0.4 is 31.2 Å². The Morgan fingerprint density at radius 1 is 0.743 bits per heavy atom. The third-order valence-electron chi connectivity index (χ3n) is 12.2. The van der Waals surface area contributed by atoms with Crippen molar-refractivity contribution in [3.05, 3.63) is 155 Å². The number of rotatable bonds is 16.